The Labute approximate surface area is 292 Å². The molecule has 2 aromatic heterocycles. The first-order valence-corrected chi connectivity index (χ1v) is 17.8. The van der Waals surface area contributed by atoms with Gasteiger partial charge in [0, 0.05) is 31.7 Å². The smallest absolute Gasteiger partial charge is 0.407 e. The van der Waals surface area contributed by atoms with Gasteiger partial charge in [-0.15, -0.1) is 0 Å². The summed E-state index contributed by atoms with van der Waals surface area (Å²) in [5.74, 6) is 1.65. The molecule has 2 saturated heterocycles. The van der Waals surface area contributed by atoms with E-state index in [4.69, 9.17) is 14.5 Å². The van der Waals surface area contributed by atoms with Crippen molar-refractivity contribution in [3.8, 4) is 33.6 Å². The van der Waals surface area contributed by atoms with Gasteiger partial charge in [-0.1, -0.05) is 55.5 Å². The Bertz CT molecular complexity index is 1820. The second-order valence-corrected chi connectivity index (χ2v) is 13.3. The summed E-state index contributed by atoms with van der Waals surface area (Å²) in [5, 5.41) is 2.74. The minimum Gasteiger partial charge on any atom is -0.453 e. The summed E-state index contributed by atoms with van der Waals surface area (Å²) >= 11 is 0. The molecule has 50 heavy (non-hydrogen) atoms. The average Bonchev–Trinajstić information content (AvgIpc) is 3.98. The van der Waals surface area contributed by atoms with E-state index >= 15 is 0 Å². The molecule has 262 valence electrons. The van der Waals surface area contributed by atoms with Crippen LogP contribution >= 0.6 is 0 Å². The monoisotopic (exact) mass is 679 g/mol. The van der Waals surface area contributed by atoms with Gasteiger partial charge in [-0.3, -0.25) is 9.59 Å². The topological polar surface area (TPSA) is 146 Å². The van der Waals surface area contributed by atoms with Crippen molar-refractivity contribution in [2.45, 2.75) is 83.0 Å². The van der Waals surface area contributed by atoms with Gasteiger partial charge in [-0.25, -0.2) is 14.8 Å². The Balaban J connectivity index is 1.09. The lowest BCUT2D eigenvalue weighted by atomic mass is 10.0. The van der Waals surface area contributed by atoms with Crippen LogP contribution in [0.3, 0.4) is 0 Å². The summed E-state index contributed by atoms with van der Waals surface area (Å²) in [6.07, 6.45) is 7.35. The number of hydrogen-bond acceptors (Lipinski definition) is 7. The van der Waals surface area contributed by atoms with E-state index in [-0.39, 0.29) is 23.9 Å². The van der Waals surface area contributed by atoms with E-state index in [0.717, 1.165) is 96.1 Å². The van der Waals surface area contributed by atoms with Crippen molar-refractivity contribution in [3.63, 3.8) is 0 Å². The van der Waals surface area contributed by atoms with Crippen molar-refractivity contribution in [2.24, 2.45) is 0 Å². The predicted molar refractivity (Wildman–Crippen MR) is 188 cm³/mol. The van der Waals surface area contributed by atoms with E-state index in [1.807, 2.05) is 22.9 Å². The maximum Gasteiger partial charge on any atom is 0.407 e. The van der Waals surface area contributed by atoms with Gasteiger partial charge in [-0.2, -0.15) is 0 Å². The van der Waals surface area contributed by atoms with Gasteiger partial charge in [0.25, 0.3) is 0 Å². The number of aromatic amines is 2. The zero-order chi connectivity index (χ0) is 34.6. The number of fused-ring (bicyclic) bond motifs is 4. The van der Waals surface area contributed by atoms with Crippen LogP contribution in [-0.4, -0.2) is 80.5 Å². The second kappa shape index (κ2) is 14.9. The molecule has 2 aromatic carbocycles. The Morgan fingerprint density at radius 3 is 2.32 bits per heavy atom. The number of aromatic nitrogens is 4. The fourth-order valence-electron chi connectivity index (χ4n) is 7.50. The predicted octanol–water partition coefficient (Wildman–Crippen LogP) is 6.30. The summed E-state index contributed by atoms with van der Waals surface area (Å²) in [7, 11) is 1.31. The van der Waals surface area contributed by atoms with Gasteiger partial charge in [0.1, 0.15) is 17.7 Å². The molecule has 2 bridgehead atoms. The summed E-state index contributed by atoms with van der Waals surface area (Å²) < 4.78 is 10.9. The Hall–Kier alpha value is -4.97. The van der Waals surface area contributed by atoms with Crippen LogP contribution in [0.15, 0.2) is 54.7 Å². The maximum absolute atomic E-state index is 13.7. The van der Waals surface area contributed by atoms with Crippen molar-refractivity contribution in [3.05, 3.63) is 72.1 Å². The van der Waals surface area contributed by atoms with Crippen molar-refractivity contribution in [1.82, 2.24) is 35.1 Å². The van der Waals surface area contributed by atoms with Crippen molar-refractivity contribution in [1.29, 1.82) is 0 Å². The zero-order valence-electron chi connectivity index (χ0n) is 28.7. The quantitative estimate of drug-likeness (QED) is 0.217. The van der Waals surface area contributed by atoms with Crippen LogP contribution in [-0.2, 0) is 25.7 Å². The van der Waals surface area contributed by atoms with Crippen LogP contribution in [0.25, 0.3) is 33.6 Å². The van der Waals surface area contributed by atoms with Gasteiger partial charge >= 0.3 is 6.09 Å². The molecule has 4 aromatic rings. The molecule has 0 unspecified atom stereocenters. The Kier molecular flexibility index (Phi) is 9.97. The summed E-state index contributed by atoms with van der Waals surface area (Å²) in [4.78, 5) is 58.6. The van der Waals surface area contributed by atoms with Gasteiger partial charge < -0.3 is 34.6 Å². The third-order valence-electron chi connectivity index (χ3n) is 10.2. The third kappa shape index (κ3) is 6.89. The van der Waals surface area contributed by atoms with E-state index in [1.54, 1.807) is 0 Å². The fraction of sp³-hybridized carbons (Fsp3) is 0.447. The molecular formula is C38H45N7O5. The molecule has 2 fully saturated rings. The molecule has 3 amide bonds. The van der Waals surface area contributed by atoms with Gasteiger partial charge in [0.05, 0.1) is 49.1 Å². The Morgan fingerprint density at radius 1 is 0.880 bits per heavy atom. The molecule has 12 heteroatoms. The number of rotatable bonds is 6. The number of H-pyrrole nitrogens is 2. The van der Waals surface area contributed by atoms with Crippen LogP contribution < -0.4 is 5.32 Å². The van der Waals surface area contributed by atoms with E-state index in [9.17, 15) is 14.4 Å². The van der Waals surface area contributed by atoms with E-state index < -0.39 is 12.1 Å². The molecule has 0 aliphatic carbocycles. The van der Waals surface area contributed by atoms with Crippen molar-refractivity contribution >= 4 is 17.9 Å². The Morgan fingerprint density at radius 2 is 1.58 bits per heavy atom. The van der Waals surface area contributed by atoms with Crippen molar-refractivity contribution in [2.75, 3.05) is 26.8 Å². The molecule has 3 N–H and O–H groups in total. The maximum atomic E-state index is 13.7. The molecular weight excluding hydrogens is 634 g/mol. The van der Waals surface area contributed by atoms with Crippen molar-refractivity contribution < 1.29 is 23.9 Å². The van der Waals surface area contributed by atoms with E-state index in [0.29, 0.717) is 32.6 Å². The molecule has 3 aliphatic rings. The SMILES string of the molecule is CCC(=O)N1CCC[C@H]1c1ncc(-c2ccc(-c3ccc(-c4nc5[nH]c4COCCCC[C@H](NC(=O)OC)C(=O)N4CCC[C@@H]54)cc3)cc2)[nH]1. The fourth-order valence-corrected chi connectivity index (χ4v) is 7.50. The lowest BCUT2D eigenvalue weighted by Gasteiger charge is -2.28. The number of amides is 3. The summed E-state index contributed by atoms with van der Waals surface area (Å²) in [6.45, 7) is 4.22. The highest BCUT2D eigenvalue weighted by molar-refractivity contribution is 5.86. The molecule has 0 saturated carbocycles. The molecule has 7 rings (SSSR count). The number of ether oxygens (including phenoxy) is 2. The highest BCUT2D eigenvalue weighted by atomic mass is 16.5. The largest absolute Gasteiger partial charge is 0.453 e. The van der Waals surface area contributed by atoms with E-state index in [2.05, 4.69) is 68.8 Å². The first-order valence-electron chi connectivity index (χ1n) is 17.8. The highest BCUT2D eigenvalue weighted by Crippen LogP contribution is 2.36. The number of alkyl carbamates (subject to hydrolysis) is 1. The third-order valence-corrected chi connectivity index (χ3v) is 10.2. The lowest BCUT2D eigenvalue weighted by molar-refractivity contribution is -0.134. The number of carbonyl (C=O) groups excluding carboxylic acids is 3. The average molecular weight is 680 g/mol. The van der Waals surface area contributed by atoms with Crippen LogP contribution in [0, 0.1) is 0 Å². The first-order chi connectivity index (χ1) is 24.4. The number of hydrogen-bond donors (Lipinski definition) is 3. The molecule has 12 nitrogen and oxygen atoms in total. The van der Waals surface area contributed by atoms with Gasteiger partial charge in [0.2, 0.25) is 11.8 Å². The standard InChI is InChI=1S/C38H45N7O5/c1-3-33(46)44-19-6-9-31(44)35-39-22-29(40-35)26-15-11-24(12-16-26)25-13-17-27(18-14-25)34-30-23-50-21-5-4-8-28(42-38(48)49-2)37(47)45-20-7-10-32(45)36(41-30)43-34/h11-18,22,28,31-32H,3-10,19-21,23H2,1-2H3,(H,39,40)(H,41,43)(H,42,48)/t28-,31-,32-/m0/s1. The number of nitrogens with zero attached hydrogens (tertiary/aromatic N) is 4. The van der Waals surface area contributed by atoms with Crippen LogP contribution in [0.2, 0.25) is 0 Å². The lowest BCUT2D eigenvalue weighted by Crippen LogP contribution is -2.48. The molecule has 0 spiro atoms. The highest BCUT2D eigenvalue weighted by Gasteiger charge is 2.37. The molecule has 3 atom stereocenters. The summed E-state index contributed by atoms with van der Waals surface area (Å²) in [5.41, 5.74) is 6.81. The van der Waals surface area contributed by atoms with Gasteiger partial charge in [0.15, 0.2) is 0 Å². The number of likely N-dealkylation sites (tertiary alicyclic amines) is 1. The van der Waals surface area contributed by atoms with Crippen LogP contribution in [0.1, 0.15) is 87.7 Å². The normalized spacial score (nSPS) is 21.2. The second-order valence-electron chi connectivity index (χ2n) is 13.3. The number of imidazole rings is 2. The van der Waals surface area contributed by atoms with Gasteiger partial charge in [-0.05, 0) is 61.6 Å². The zero-order valence-corrected chi connectivity index (χ0v) is 28.7. The molecule has 0 radical (unpaired) electrons. The van der Waals surface area contributed by atoms with Crippen LogP contribution in [0.4, 0.5) is 4.79 Å². The van der Waals surface area contributed by atoms with Crippen LogP contribution in [0.5, 0.6) is 0 Å². The summed E-state index contributed by atoms with van der Waals surface area (Å²) in [6, 6.07) is 15.9. The van der Waals surface area contributed by atoms with E-state index in [1.165, 1.54) is 7.11 Å². The number of benzene rings is 2. The minimum absolute atomic E-state index is 0.0137. The first kappa shape index (κ1) is 33.5. The number of methoxy groups -OCH3 is 1. The molecule has 3 aliphatic heterocycles. The minimum atomic E-state index is -0.656. The molecule has 5 heterocycles. The number of nitrogens with one attached hydrogen (secondary N) is 3. The number of carbonyl (C=O) groups is 3.